The standard InChI is InChI=1S/C12H20N2O4/c15-11(16)2-1-10-3-4-14(9-10)12(17)13-5-7-18-8-6-13/h10H,1-9H2,(H,15,16). The highest BCUT2D eigenvalue weighted by Gasteiger charge is 2.29. The topological polar surface area (TPSA) is 70.1 Å². The number of carbonyl (C=O) groups is 2. The Morgan fingerprint density at radius 2 is 1.89 bits per heavy atom. The van der Waals surface area contributed by atoms with Crippen molar-refractivity contribution in [3.05, 3.63) is 0 Å². The van der Waals surface area contributed by atoms with Gasteiger partial charge in [-0.3, -0.25) is 4.79 Å². The van der Waals surface area contributed by atoms with Gasteiger partial charge in [-0.15, -0.1) is 0 Å². The maximum absolute atomic E-state index is 12.2. The lowest BCUT2D eigenvalue weighted by Crippen LogP contribution is -2.47. The molecular weight excluding hydrogens is 236 g/mol. The van der Waals surface area contributed by atoms with E-state index in [1.807, 2.05) is 9.80 Å². The zero-order valence-corrected chi connectivity index (χ0v) is 10.5. The Balaban J connectivity index is 1.77. The molecule has 2 rings (SSSR count). The van der Waals surface area contributed by atoms with E-state index in [1.165, 1.54) is 0 Å². The number of aliphatic carboxylic acids is 1. The van der Waals surface area contributed by atoms with Gasteiger partial charge in [0.15, 0.2) is 0 Å². The van der Waals surface area contributed by atoms with E-state index in [9.17, 15) is 9.59 Å². The molecule has 1 unspecified atom stereocenters. The van der Waals surface area contributed by atoms with Crippen LogP contribution >= 0.6 is 0 Å². The van der Waals surface area contributed by atoms with Crippen LogP contribution in [-0.2, 0) is 9.53 Å². The summed E-state index contributed by atoms with van der Waals surface area (Å²) < 4.78 is 5.22. The molecule has 0 radical (unpaired) electrons. The van der Waals surface area contributed by atoms with Crippen LogP contribution in [0.3, 0.4) is 0 Å². The van der Waals surface area contributed by atoms with Crippen molar-refractivity contribution in [1.29, 1.82) is 0 Å². The molecular formula is C12H20N2O4. The van der Waals surface area contributed by atoms with Crippen molar-refractivity contribution < 1.29 is 19.4 Å². The van der Waals surface area contributed by atoms with E-state index in [4.69, 9.17) is 9.84 Å². The molecule has 0 saturated carbocycles. The van der Waals surface area contributed by atoms with Gasteiger partial charge >= 0.3 is 12.0 Å². The minimum atomic E-state index is -0.757. The number of hydrogen-bond donors (Lipinski definition) is 1. The number of carboxylic acid groups (broad SMARTS) is 1. The van der Waals surface area contributed by atoms with Crippen molar-refractivity contribution in [2.24, 2.45) is 5.92 Å². The third-order valence-corrected chi connectivity index (χ3v) is 3.60. The van der Waals surface area contributed by atoms with Crippen LogP contribution in [0.5, 0.6) is 0 Å². The number of nitrogens with zero attached hydrogens (tertiary/aromatic N) is 2. The van der Waals surface area contributed by atoms with Gasteiger partial charge in [0.25, 0.3) is 0 Å². The molecule has 0 aromatic rings. The Morgan fingerprint density at radius 3 is 2.56 bits per heavy atom. The highest BCUT2D eigenvalue weighted by atomic mass is 16.5. The average molecular weight is 256 g/mol. The monoisotopic (exact) mass is 256 g/mol. The average Bonchev–Trinajstić information content (AvgIpc) is 2.85. The van der Waals surface area contributed by atoms with Crippen LogP contribution in [0.15, 0.2) is 0 Å². The van der Waals surface area contributed by atoms with E-state index in [1.54, 1.807) is 0 Å². The van der Waals surface area contributed by atoms with Gasteiger partial charge in [-0.05, 0) is 18.8 Å². The summed E-state index contributed by atoms with van der Waals surface area (Å²) in [5.74, 6) is -0.418. The minimum absolute atomic E-state index is 0.0797. The minimum Gasteiger partial charge on any atom is -0.481 e. The number of carbonyl (C=O) groups excluding carboxylic acids is 1. The molecule has 0 bridgehead atoms. The Bertz CT molecular complexity index is 315. The molecule has 2 fully saturated rings. The van der Waals surface area contributed by atoms with Gasteiger partial charge in [0, 0.05) is 32.6 Å². The summed E-state index contributed by atoms with van der Waals surface area (Å²) in [6, 6.07) is 0.0797. The summed E-state index contributed by atoms with van der Waals surface area (Å²) in [5, 5.41) is 8.65. The summed E-state index contributed by atoms with van der Waals surface area (Å²) >= 11 is 0. The first-order valence-electron chi connectivity index (χ1n) is 6.50. The lowest BCUT2D eigenvalue weighted by Gasteiger charge is -2.31. The van der Waals surface area contributed by atoms with Crippen LogP contribution < -0.4 is 0 Å². The van der Waals surface area contributed by atoms with Crippen LogP contribution in [-0.4, -0.2) is 66.3 Å². The van der Waals surface area contributed by atoms with Crippen molar-refractivity contribution in [3.8, 4) is 0 Å². The Hall–Kier alpha value is -1.30. The molecule has 0 aromatic carbocycles. The molecule has 1 N–H and O–H groups in total. The van der Waals surface area contributed by atoms with Crippen molar-refractivity contribution >= 4 is 12.0 Å². The summed E-state index contributed by atoms with van der Waals surface area (Å²) in [4.78, 5) is 26.3. The molecule has 1 atom stereocenters. The second-order valence-electron chi connectivity index (χ2n) is 4.92. The van der Waals surface area contributed by atoms with Crippen LogP contribution in [0, 0.1) is 5.92 Å². The number of likely N-dealkylation sites (tertiary alicyclic amines) is 1. The van der Waals surface area contributed by atoms with E-state index >= 15 is 0 Å². The third kappa shape index (κ3) is 3.35. The Labute approximate surface area is 106 Å². The van der Waals surface area contributed by atoms with Crippen molar-refractivity contribution in [2.45, 2.75) is 19.3 Å². The molecule has 2 heterocycles. The van der Waals surface area contributed by atoms with E-state index in [2.05, 4.69) is 0 Å². The first-order chi connectivity index (χ1) is 8.66. The largest absolute Gasteiger partial charge is 0.481 e. The quantitative estimate of drug-likeness (QED) is 0.804. The number of hydrogen-bond acceptors (Lipinski definition) is 3. The van der Waals surface area contributed by atoms with E-state index in [-0.39, 0.29) is 12.5 Å². The second-order valence-corrected chi connectivity index (χ2v) is 4.92. The van der Waals surface area contributed by atoms with Gasteiger partial charge in [-0.1, -0.05) is 0 Å². The second kappa shape index (κ2) is 6.04. The van der Waals surface area contributed by atoms with Gasteiger partial charge in [0.1, 0.15) is 0 Å². The summed E-state index contributed by atoms with van der Waals surface area (Å²) in [6.07, 6.45) is 1.79. The van der Waals surface area contributed by atoms with Gasteiger partial charge in [-0.2, -0.15) is 0 Å². The molecule has 2 aliphatic heterocycles. The number of urea groups is 1. The molecule has 6 heteroatoms. The lowest BCUT2D eigenvalue weighted by atomic mass is 10.0. The highest BCUT2D eigenvalue weighted by Crippen LogP contribution is 2.22. The number of ether oxygens (including phenoxy) is 1. The maximum atomic E-state index is 12.2. The number of carboxylic acids is 1. The molecule has 2 aliphatic rings. The normalized spacial score (nSPS) is 24.3. The SMILES string of the molecule is O=C(O)CCC1CCN(C(=O)N2CCOCC2)C1. The highest BCUT2D eigenvalue weighted by molar-refractivity contribution is 5.75. The van der Waals surface area contributed by atoms with Crippen LogP contribution in [0.4, 0.5) is 4.79 Å². The molecule has 2 amide bonds. The van der Waals surface area contributed by atoms with Gasteiger partial charge in [-0.25, -0.2) is 4.79 Å². The zero-order valence-electron chi connectivity index (χ0n) is 10.5. The van der Waals surface area contributed by atoms with Crippen molar-refractivity contribution in [2.75, 3.05) is 39.4 Å². The molecule has 0 aromatic heterocycles. The number of amides is 2. The number of rotatable bonds is 3. The lowest BCUT2D eigenvalue weighted by molar-refractivity contribution is -0.137. The van der Waals surface area contributed by atoms with E-state index < -0.39 is 5.97 Å². The predicted octanol–water partition coefficient (Wildman–Crippen LogP) is 0.625. The predicted molar refractivity (Wildman–Crippen MR) is 64.3 cm³/mol. The third-order valence-electron chi connectivity index (χ3n) is 3.60. The van der Waals surface area contributed by atoms with Crippen molar-refractivity contribution in [3.63, 3.8) is 0 Å². The fraction of sp³-hybridized carbons (Fsp3) is 0.833. The maximum Gasteiger partial charge on any atom is 0.320 e. The molecule has 0 aliphatic carbocycles. The molecule has 2 saturated heterocycles. The van der Waals surface area contributed by atoms with Crippen LogP contribution in [0.1, 0.15) is 19.3 Å². The molecule has 0 spiro atoms. The zero-order chi connectivity index (χ0) is 13.0. The first-order valence-corrected chi connectivity index (χ1v) is 6.50. The van der Waals surface area contributed by atoms with Crippen LogP contribution in [0.2, 0.25) is 0 Å². The van der Waals surface area contributed by atoms with Crippen molar-refractivity contribution in [1.82, 2.24) is 9.80 Å². The van der Waals surface area contributed by atoms with Gasteiger partial charge < -0.3 is 19.6 Å². The van der Waals surface area contributed by atoms with E-state index in [0.29, 0.717) is 45.2 Å². The Morgan fingerprint density at radius 1 is 1.17 bits per heavy atom. The van der Waals surface area contributed by atoms with Crippen LogP contribution in [0.25, 0.3) is 0 Å². The smallest absolute Gasteiger partial charge is 0.320 e. The fourth-order valence-electron chi connectivity index (χ4n) is 2.52. The molecule has 6 nitrogen and oxygen atoms in total. The molecule has 18 heavy (non-hydrogen) atoms. The summed E-state index contributed by atoms with van der Waals surface area (Å²) in [7, 11) is 0. The van der Waals surface area contributed by atoms with Gasteiger partial charge in [0.2, 0.25) is 0 Å². The first kappa shape index (κ1) is 13.1. The summed E-state index contributed by atoms with van der Waals surface area (Å²) in [6.45, 7) is 4.00. The Kier molecular flexibility index (Phi) is 4.41. The molecule has 102 valence electrons. The van der Waals surface area contributed by atoms with Gasteiger partial charge in [0.05, 0.1) is 13.2 Å². The summed E-state index contributed by atoms with van der Waals surface area (Å²) in [5.41, 5.74) is 0. The number of morpholine rings is 1. The fourth-order valence-corrected chi connectivity index (χ4v) is 2.52. The van der Waals surface area contributed by atoms with E-state index in [0.717, 1.165) is 13.0 Å².